The Morgan fingerprint density at radius 2 is 1.94 bits per heavy atom. The van der Waals surface area contributed by atoms with Crippen molar-refractivity contribution in [1.82, 2.24) is 0 Å². The van der Waals surface area contributed by atoms with Crippen LogP contribution in [0.1, 0.15) is 32.3 Å². The molecule has 2 N–H and O–H groups in total. The van der Waals surface area contributed by atoms with Crippen LogP contribution in [0.5, 0.6) is 0 Å². The van der Waals surface area contributed by atoms with E-state index in [0.717, 1.165) is 11.3 Å². The third kappa shape index (κ3) is 4.87. The fraction of sp³-hybridized carbons (Fsp3) is 0.385. The summed E-state index contributed by atoms with van der Waals surface area (Å²) in [5, 5.41) is 14.8. The molecule has 0 aliphatic carbocycles. The van der Waals surface area contributed by atoms with E-state index in [9.17, 15) is 0 Å². The van der Waals surface area contributed by atoms with Crippen molar-refractivity contribution in [3.63, 3.8) is 0 Å². The summed E-state index contributed by atoms with van der Waals surface area (Å²) in [5.74, 6) is 0.443. The number of nitrogens with zero attached hydrogens (tertiary/aromatic N) is 1. The van der Waals surface area contributed by atoms with Gasteiger partial charge in [0.2, 0.25) is 0 Å². The van der Waals surface area contributed by atoms with Crippen molar-refractivity contribution >= 4 is 17.6 Å². The van der Waals surface area contributed by atoms with E-state index in [1.807, 2.05) is 18.2 Å². The van der Waals surface area contributed by atoms with Crippen molar-refractivity contribution in [3.8, 4) is 0 Å². The molecular weight excluding hydrogens is 303 g/mol. The molecule has 0 saturated carbocycles. The third-order valence-corrected chi connectivity index (χ3v) is 2.38. The van der Waals surface area contributed by atoms with Gasteiger partial charge in [0.15, 0.2) is 5.90 Å². The molecule has 0 aliphatic heterocycles. The molecule has 0 unspecified atom stereocenters. The Kier molecular flexibility index (Phi) is 7.33. The normalized spacial score (nSPS) is 9.61. The molecule has 18 heavy (non-hydrogen) atoms. The van der Waals surface area contributed by atoms with E-state index in [-0.39, 0.29) is 44.6 Å². The van der Waals surface area contributed by atoms with Crippen LogP contribution in [0, 0.1) is 16.9 Å². The zero-order valence-corrected chi connectivity index (χ0v) is 14.1. The van der Waals surface area contributed by atoms with Crippen molar-refractivity contribution in [2.24, 2.45) is 0 Å². The molecule has 95 valence electrons. The molecule has 5 heteroatoms. The molecule has 1 aromatic carbocycles. The summed E-state index contributed by atoms with van der Waals surface area (Å²) in [6.45, 7) is 5.72. The number of amidine groups is 1. The fourth-order valence-corrected chi connectivity index (χ4v) is 1.33. The number of hydrogen-bond donors (Lipinski definition) is 2. The van der Waals surface area contributed by atoms with Gasteiger partial charge < -0.3 is 9.64 Å². The molecule has 1 rings (SSSR count). The first kappa shape index (κ1) is 17.3. The fourth-order valence-electron chi connectivity index (χ4n) is 1.33. The van der Waals surface area contributed by atoms with E-state index < -0.39 is 0 Å². The molecule has 0 bridgehead atoms. The molecule has 0 amide bonds. The summed E-state index contributed by atoms with van der Waals surface area (Å²) >= 11 is 0. The van der Waals surface area contributed by atoms with E-state index in [0.29, 0.717) is 5.92 Å². The van der Waals surface area contributed by atoms with Crippen LogP contribution in [-0.4, -0.2) is 19.0 Å². The summed E-state index contributed by atoms with van der Waals surface area (Å²) in [5.41, 5.74) is 1.96. The second-order valence-electron chi connectivity index (χ2n) is 4.18. The van der Waals surface area contributed by atoms with E-state index in [1.54, 1.807) is 11.9 Å². The second-order valence-corrected chi connectivity index (χ2v) is 4.18. The summed E-state index contributed by atoms with van der Waals surface area (Å²) < 4.78 is 4.92. The molecule has 0 fully saturated rings. The quantitative estimate of drug-likeness (QED) is 0.500. The van der Waals surface area contributed by atoms with Crippen LogP contribution in [0.25, 0.3) is 0 Å². The molecule has 0 saturated heterocycles. The molecule has 0 aromatic heterocycles. The van der Waals surface area contributed by atoms with Crippen molar-refractivity contribution in [3.05, 3.63) is 29.8 Å². The zero-order valence-electron chi connectivity index (χ0n) is 11.2. The molecular formula is C13H18N3OY-. The Labute approximate surface area is 134 Å². The van der Waals surface area contributed by atoms with Crippen molar-refractivity contribution in [1.29, 1.82) is 10.8 Å². The second kappa shape index (κ2) is 7.64. The van der Waals surface area contributed by atoms with Gasteiger partial charge in [0.05, 0.1) is 0 Å². The largest absolute Gasteiger partial charge is 0.413 e. The van der Waals surface area contributed by atoms with Gasteiger partial charge in [-0.25, -0.2) is 0 Å². The summed E-state index contributed by atoms with van der Waals surface area (Å²) in [4.78, 5) is 1.57. The maximum atomic E-state index is 7.65. The van der Waals surface area contributed by atoms with Gasteiger partial charge in [-0.1, -0.05) is 19.5 Å². The van der Waals surface area contributed by atoms with Crippen molar-refractivity contribution < 1.29 is 37.4 Å². The monoisotopic (exact) mass is 321 g/mol. The Morgan fingerprint density at radius 1 is 1.33 bits per heavy atom. The van der Waals surface area contributed by atoms with E-state index in [1.165, 1.54) is 6.92 Å². The Hall–Kier alpha value is -0.736. The van der Waals surface area contributed by atoms with Crippen LogP contribution in [0.15, 0.2) is 18.2 Å². The van der Waals surface area contributed by atoms with Gasteiger partial charge >= 0.3 is 0 Å². The minimum Gasteiger partial charge on any atom is -0.413 e. The van der Waals surface area contributed by atoms with Crippen LogP contribution < -0.4 is 4.90 Å². The predicted molar refractivity (Wildman–Crippen MR) is 70.0 cm³/mol. The van der Waals surface area contributed by atoms with Crippen molar-refractivity contribution in [2.75, 3.05) is 11.9 Å². The number of hydrogen-bond acceptors (Lipinski definition) is 3. The Balaban J connectivity index is 0.00000289. The number of ether oxygens (including phenoxy) is 1. The number of benzene rings is 1. The third-order valence-electron chi connectivity index (χ3n) is 2.38. The molecule has 0 atom stereocenters. The van der Waals surface area contributed by atoms with Crippen LogP contribution in [-0.2, 0) is 37.4 Å². The zero-order chi connectivity index (χ0) is 13.0. The molecule has 1 radical (unpaired) electrons. The first-order valence-electron chi connectivity index (χ1n) is 5.48. The summed E-state index contributed by atoms with van der Waals surface area (Å²) in [7, 11) is 1.73. The average Bonchev–Trinajstić information content (AvgIpc) is 2.27. The Bertz CT molecular complexity index is 415. The molecule has 1 aromatic rings. The van der Waals surface area contributed by atoms with Crippen LogP contribution in [0.4, 0.5) is 5.69 Å². The number of rotatable bonds is 2. The topological polar surface area (TPSA) is 60.2 Å². The maximum Gasteiger partial charge on any atom is 0.283 e. The van der Waals surface area contributed by atoms with Gasteiger partial charge in [0, 0.05) is 46.7 Å². The molecule has 4 nitrogen and oxygen atoms in total. The van der Waals surface area contributed by atoms with E-state index >= 15 is 0 Å². The first-order valence-corrected chi connectivity index (χ1v) is 5.48. The van der Waals surface area contributed by atoms with Crippen LogP contribution in [0.2, 0.25) is 0 Å². The minimum atomic E-state index is -0.0665. The predicted octanol–water partition coefficient (Wildman–Crippen LogP) is 2.99. The van der Waals surface area contributed by atoms with Crippen LogP contribution in [0.3, 0.4) is 0 Å². The standard InChI is InChI=1S/C13H18N3O.Y/c1-9(2)11-5-7-12(8-6-11)16(4)13(15)17-10(3)14;/h5,7-9,14-15H,1-4H3;/q-1;. The molecule has 0 spiro atoms. The summed E-state index contributed by atoms with van der Waals surface area (Å²) in [6.07, 6.45) is 0. The van der Waals surface area contributed by atoms with Gasteiger partial charge in [0.25, 0.3) is 6.02 Å². The van der Waals surface area contributed by atoms with Gasteiger partial charge in [-0.2, -0.15) is 23.8 Å². The van der Waals surface area contributed by atoms with E-state index in [4.69, 9.17) is 15.6 Å². The minimum absolute atomic E-state index is 0. The first-order chi connectivity index (χ1) is 7.91. The van der Waals surface area contributed by atoms with Crippen LogP contribution >= 0.6 is 0 Å². The summed E-state index contributed by atoms with van der Waals surface area (Å²) in [6, 6.07) is 8.84. The Morgan fingerprint density at radius 3 is 2.33 bits per heavy atom. The van der Waals surface area contributed by atoms with Gasteiger partial charge in [-0.05, 0) is 5.92 Å². The number of anilines is 1. The van der Waals surface area contributed by atoms with Crippen molar-refractivity contribution in [2.45, 2.75) is 26.7 Å². The number of nitrogens with one attached hydrogen (secondary N) is 2. The molecule has 0 heterocycles. The van der Waals surface area contributed by atoms with Gasteiger partial charge in [-0.15, -0.1) is 6.07 Å². The molecule has 0 aliphatic rings. The SMILES string of the molecule is CC(=N)OC(=N)N(C)c1c[c-]c(C(C)C)cc1.[Y]. The smallest absolute Gasteiger partial charge is 0.283 e. The average molecular weight is 321 g/mol. The maximum absolute atomic E-state index is 7.65. The van der Waals surface area contributed by atoms with Gasteiger partial charge in [0.1, 0.15) is 0 Å². The van der Waals surface area contributed by atoms with E-state index in [2.05, 4.69) is 19.9 Å². The van der Waals surface area contributed by atoms with Gasteiger partial charge in [-0.3, -0.25) is 10.8 Å².